The van der Waals surface area contributed by atoms with Gasteiger partial charge in [0, 0.05) is 4.47 Å². The average Bonchev–Trinajstić information content (AvgIpc) is 2.84. The molecule has 1 aromatic carbocycles. The van der Waals surface area contributed by atoms with Crippen molar-refractivity contribution in [2.24, 2.45) is 0 Å². The van der Waals surface area contributed by atoms with Gasteiger partial charge in [0.25, 0.3) is 0 Å². The van der Waals surface area contributed by atoms with Gasteiger partial charge >= 0.3 is 0 Å². The summed E-state index contributed by atoms with van der Waals surface area (Å²) in [7, 11) is 0. The second-order valence-corrected chi connectivity index (χ2v) is 5.05. The highest BCUT2D eigenvalue weighted by Crippen LogP contribution is 2.31. The van der Waals surface area contributed by atoms with Gasteiger partial charge in [-0.05, 0) is 30.3 Å². The first-order chi connectivity index (χ1) is 7.33. The first kappa shape index (κ1) is 9.12. The molecule has 0 aliphatic carbocycles. The number of hydrogen-bond donors (Lipinski definition) is 0. The third-order valence-electron chi connectivity index (χ3n) is 2.08. The van der Waals surface area contributed by atoms with Gasteiger partial charge in [0.1, 0.15) is 0 Å². The third-order valence-corrected chi connectivity index (χ3v) is 3.63. The molecular weight excluding hydrogens is 274 g/mol. The molecule has 2 aromatic heterocycles. The van der Waals surface area contributed by atoms with Crippen LogP contribution >= 0.6 is 27.3 Å². The zero-order chi connectivity index (χ0) is 10.3. The third kappa shape index (κ3) is 1.60. The summed E-state index contributed by atoms with van der Waals surface area (Å²) >= 11 is 5.07. The van der Waals surface area contributed by atoms with Gasteiger partial charge in [-0.1, -0.05) is 15.9 Å². The minimum atomic E-state index is 0.826. The van der Waals surface area contributed by atoms with Crippen LogP contribution in [-0.2, 0) is 0 Å². The van der Waals surface area contributed by atoms with E-state index in [0.29, 0.717) is 0 Å². The van der Waals surface area contributed by atoms with E-state index >= 15 is 0 Å². The molecule has 0 amide bonds. The Morgan fingerprint density at radius 3 is 3.00 bits per heavy atom. The molecular formula is C11H6BrNOS. The summed E-state index contributed by atoms with van der Waals surface area (Å²) in [5, 5.41) is 0.924. The lowest BCUT2D eigenvalue weighted by molar-refractivity contribution is 0.582. The van der Waals surface area contributed by atoms with Gasteiger partial charge in [-0.25, -0.2) is 4.98 Å². The Kier molecular flexibility index (Phi) is 2.11. The van der Waals surface area contributed by atoms with Gasteiger partial charge in [-0.15, -0.1) is 11.3 Å². The van der Waals surface area contributed by atoms with Crippen LogP contribution in [-0.4, -0.2) is 4.98 Å². The van der Waals surface area contributed by atoms with E-state index in [1.165, 1.54) is 4.70 Å². The smallest absolute Gasteiger partial charge is 0.162 e. The van der Waals surface area contributed by atoms with Crippen molar-refractivity contribution < 1.29 is 4.42 Å². The molecule has 0 aliphatic rings. The maximum atomic E-state index is 5.32. The Morgan fingerprint density at radius 2 is 2.20 bits per heavy atom. The maximum Gasteiger partial charge on any atom is 0.162 e. The maximum absolute atomic E-state index is 5.32. The average molecular weight is 280 g/mol. The van der Waals surface area contributed by atoms with E-state index < -0.39 is 0 Å². The monoisotopic (exact) mass is 279 g/mol. The number of hydrogen-bond acceptors (Lipinski definition) is 3. The molecule has 0 radical (unpaired) electrons. The van der Waals surface area contributed by atoms with Crippen molar-refractivity contribution in [1.29, 1.82) is 0 Å². The minimum Gasteiger partial charge on any atom is -0.462 e. The molecule has 3 rings (SSSR count). The van der Waals surface area contributed by atoms with Crippen LogP contribution in [0.25, 0.3) is 21.0 Å². The van der Waals surface area contributed by atoms with Crippen LogP contribution in [0.1, 0.15) is 0 Å². The predicted octanol–water partition coefficient (Wildman–Crippen LogP) is 4.32. The summed E-state index contributed by atoms with van der Waals surface area (Å²) in [4.78, 5) is 4.51. The second kappa shape index (κ2) is 3.47. The molecule has 15 heavy (non-hydrogen) atoms. The molecule has 0 saturated heterocycles. The van der Waals surface area contributed by atoms with Crippen molar-refractivity contribution >= 4 is 37.5 Å². The zero-order valence-corrected chi connectivity index (χ0v) is 10.0. The fourth-order valence-electron chi connectivity index (χ4n) is 1.41. The van der Waals surface area contributed by atoms with Crippen molar-refractivity contribution in [3.05, 3.63) is 41.1 Å². The predicted molar refractivity (Wildman–Crippen MR) is 65.0 cm³/mol. The largest absolute Gasteiger partial charge is 0.462 e. The fourth-order valence-corrected chi connectivity index (χ4v) is 2.67. The van der Waals surface area contributed by atoms with Crippen LogP contribution in [0.2, 0.25) is 0 Å². The number of thiazole rings is 1. The summed E-state index contributed by atoms with van der Waals surface area (Å²) < 4.78 is 7.53. The van der Waals surface area contributed by atoms with E-state index in [-0.39, 0.29) is 0 Å². The van der Waals surface area contributed by atoms with Crippen LogP contribution in [0.3, 0.4) is 0 Å². The lowest BCUT2D eigenvalue weighted by Gasteiger charge is -1.87. The molecule has 0 atom stereocenters. The number of furan rings is 1. The Hall–Kier alpha value is -1.13. The molecule has 0 bridgehead atoms. The summed E-state index contributed by atoms with van der Waals surface area (Å²) in [6, 6.07) is 9.89. The van der Waals surface area contributed by atoms with E-state index in [9.17, 15) is 0 Å². The van der Waals surface area contributed by atoms with Crippen molar-refractivity contribution in [3.63, 3.8) is 0 Å². The second-order valence-electron chi connectivity index (χ2n) is 3.11. The van der Waals surface area contributed by atoms with Crippen molar-refractivity contribution in [2.75, 3.05) is 0 Å². The molecule has 0 N–H and O–H groups in total. The van der Waals surface area contributed by atoms with Crippen LogP contribution < -0.4 is 0 Å². The molecule has 0 aliphatic heterocycles. The molecule has 2 nitrogen and oxygen atoms in total. The van der Waals surface area contributed by atoms with Gasteiger partial charge in [0.2, 0.25) is 0 Å². The number of halogens is 1. The van der Waals surface area contributed by atoms with E-state index in [0.717, 1.165) is 20.8 Å². The standard InChI is InChI=1S/C11H6BrNOS/c12-7-3-4-10-8(6-7)13-11(15-10)9-2-1-5-14-9/h1-6H. The number of rotatable bonds is 1. The topological polar surface area (TPSA) is 26.0 Å². The number of fused-ring (bicyclic) bond motifs is 1. The van der Waals surface area contributed by atoms with E-state index in [1.54, 1.807) is 17.6 Å². The summed E-state index contributed by atoms with van der Waals surface area (Å²) in [5.74, 6) is 0.826. The van der Waals surface area contributed by atoms with Gasteiger partial charge in [0.15, 0.2) is 10.8 Å². The molecule has 3 aromatic rings. The summed E-state index contributed by atoms with van der Waals surface area (Å²) in [6.07, 6.45) is 1.66. The lowest BCUT2D eigenvalue weighted by Crippen LogP contribution is -1.70. The Bertz CT molecular complexity index is 600. The van der Waals surface area contributed by atoms with E-state index in [1.807, 2.05) is 24.3 Å². The normalized spacial score (nSPS) is 11.0. The SMILES string of the molecule is Brc1ccc2sc(-c3ccco3)nc2c1. The Morgan fingerprint density at radius 1 is 1.27 bits per heavy atom. The minimum absolute atomic E-state index is 0.826. The first-order valence-corrected chi connectivity index (χ1v) is 6.04. The quantitative estimate of drug-likeness (QED) is 0.663. The molecule has 0 unspecified atom stereocenters. The van der Waals surface area contributed by atoms with Gasteiger partial charge in [-0.3, -0.25) is 0 Å². The van der Waals surface area contributed by atoms with Crippen LogP contribution in [0.4, 0.5) is 0 Å². The highest BCUT2D eigenvalue weighted by Gasteiger charge is 2.08. The lowest BCUT2D eigenvalue weighted by atomic mass is 10.3. The molecule has 2 heterocycles. The molecule has 4 heteroatoms. The van der Waals surface area contributed by atoms with Crippen LogP contribution in [0.15, 0.2) is 45.5 Å². The van der Waals surface area contributed by atoms with Gasteiger partial charge < -0.3 is 4.42 Å². The van der Waals surface area contributed by atoms with Crippen molar-refractivity contribution in [1.82, 2.24) is 4.98 Å². The molecule has 74 valence electrons. The summed E-state index contributed by atoms with van der Waals surface area (Å²) in [5.41, 5.74) is 1.00. The number of benzene rings is 1. The van der Waals surface area contributed by atoms with Crippen LogP contribution in [0, 0.1) is 0 Å². The zero-order valence-electron chi connectivity index (χ0n) is 7.61. The van der Waals surface area contributed by atoms with Gasteiger partial charge in [-0.2, -0.15) is 0 Å². The van der Waals surface area contributed by atoms with E-state index in [2.05, 4.69) is 27.0 Å². The number of nitrogens with zero attached hydrogens (tertiary/aromatic N) is 1. The number of aromatic nitrogens is 1. The fraction of sp³-hybridized carbons (Fsp3) is 0. The molecule has 0 fully saturated rings. The van der Waals surface area contributed by atoms with Crippen molar-refractivity contribution in [2.45, 2.75) is 0 Å². The highest BCUT2D eigenvalue weighted by molar-refractivity contribution is 9.10. The Balaban J connectivity index is 2.22. The highest BCUT2D eigenvalue weighted by atomic mass is 79.9. The Labute approximate surface area is 98.7 Å². The van der Waals surface area contributed by atoms with E-state index in [4.69, 9.17) is 4.42 Å². The molecule has 0 saturated carbocycles. The summed E-state index contributed by atoms with van der Waals surface area (Å²) in [6.45, 7) is 0. The first-order valence-electron chi connectivity index (χ1n) is 4.43. The van der Waals surface area contributed by atoms with Crippen molar-refractivity contribution in [3.8, 4) is 10.8 Å². The molecule has 0 spiro atoms. The van der Waals surface area contributed by atoms with Gasteiger partial charge in [0.05, 0.1) is 16.5 Å². The van der Waals surface area contributed by atoms with Crippen LogP contribution in [0.5, 0.6) is 0 Å².